The average molecular weight is 220 g/mol. The highest BCUT2D eigenvalue weighted by molar-refractivity contribution is 6.01. The van der Waals surface area contributed by atoms with E-state index in [2.05, 4.69) is 10.3 Å². The number of aromatic nitrogens is 1. The zero-order valence-corrected chi connectivity index (χ0v) is 8.53. The van der Waals surface area contributed by atoms with E-state index in [1.165, 1.54) is 30.5 Å². The largest absolute Gasteiger partial charge is 0.436 e. The van der Waals surface area contributed by atoms with Gasteiger partial charge in [-0.1, -0.05) is 0 Å². The van der Waals surface area contributed by atoms with Gasteiger partial charge in [-0.2, -0.15) is 0 Å². The number of halogens is 1. The second kappa shape index (κ2) is 4.14. The maximum atomic E-state index is 12.6. The number of aryl methyl sites for hydroxylation is 1. The molecule has 0 aliphatic rings. The summed E-state index contributed by atoms with van der Waals surface area (Å²) < 4.78 is 17.7. The molecule has 2 aromatic rings. The van der Waals surface area contributed by atoms with Crippen LogP contribution in [0.25, 0.3) is 0 Å². The van der Waals surface area contributed by atoms with Crippen LogP contribution in [0.5, 0.6) is 0 Å². The molecule has 0 atom stereocenters. The molecule has 0 aliphatic carbocycles. The molecule has 0 bridgehead atoms. The van der Waals surface area contributed by atoms with Gasteiger partial charge in [-0.05, 0) is 24.3 Å². The van der Waals surface area contributed by atoms with Crippen LogP contribution < -0.4 is 5.32 Å². The van der Waals surface area contributed by atoms with Crippen molar-refractivity contribution in [3.63, 3.8) is 0 Å². The SMILES string of the molecule is Cc1ncc(C(=O)Nc2ccc(F)cc2)o1. The lowest BCUT2D eigenvalue weighted by Gasteiger charge is -2.01. The standard InChI is InChI=1S/C11H9FN2O2/c1-7-13-6-10(16-7)11(15)14-9-4-2-8(12)3-5-9/h2-6H,1H3,(H,14,15). The molecule has 0 fully saturated rings. The Kier molecular flexibility index (Phi) is 2.68. The molecule has 0 saturated heterocycles. The highest BCUT2D eigenvalue weighted by Crippen LogP contribution is 2.10. The fraction of sp³-hybridized carbons (Fsp3) is 0.0909. The minimum Gasteiger partial charge on any atom is -0.436 e. The first kappa shape index (κ1) is 10.4. The maximum Gasteiger partial charge on any atom is 0.293 e. The molecule has 1 aromatic carbocycles. The lowest BCUT2D eigenvalue weighted by atomic mass is 10.3. The van der Waals surface area contributed by atoms with Crippen LogP contribution in [0.2, 0.25) is 0 Å². The summed E-state index contributed by atoms with van der Waals surface area (Å²) >= 11 is 0. The zero-order valence-electron chi connectivity index (χ0n) is 8.53. The van der Waals surface area contributed by atoms with Crippen molar-refractivity contribution < 1.29 is 13.6 Å². The van der Waals surface area contributed by atoms with Gasteiger partial charge in [0.25, 0.3) is 5.91 Å². The molecule has 4 nitrogen and oxygen atoms in total. The predicted octanol–water partition coefficient (Wildman–Crippen LogP) is 2.37. The van der Waals surface area contributed by atoms with E-state index in [4.69, 9.17) is 4.42 Å². The lowest BCUT2D eigenvalue weighted by molar-refractivity contribution is 0.0995. The topological polar surface area (TPSA) is 55.1 Å². The molecular formula is C11H9FN2O2. The predicted molar refractivity (Wildman–Crippen MR) is 55.6 cm³/mol. The van der Waals surface area contributed by atoms with Crippen molar-refractivity contribution in [1.82, 2.24) is 4.98 Å². The third-order valence-corrected chi connectivity index (χ3v) is 1.95. The molecular weight excluding hydrogens is 211 g/mol. The number of benzene rings is 1. The van der Waals surface area contributed by atoms with Crippen LogP contribution in [-0.2, 0) is 0 Å². The number of rotatable bonds is 2. The second-order valence-corrected chi connectivity index (χ2v) is 3.20. The van der Waals surface area contributed by atoms with E-state index in [9.17, 15) is 9.18 Å². The number of carbonyl (C=O) groups is 1. The fourth-order valence-electron chi connectivity index (χ4n) is 1.19. The van der Waals surface area contributed by atoms with Crippen LogP contribution in [0.1, 0.15) is 16.4 Å². The molecule has 1 N–H and O–H groups in total. The molecule has 1 heterocycles. The van der Waals surface area contributed by atoms with E-state index in [0.717, 1.165) is 0 Å². The van der Waals surface area contributed by atoms with Gasteiger partial charge in [-0.3, -0.25) is 4.79 Å². The molecule has 0 spiro atoms. The molecule has 1 aromatic heterocycles. The third-order valence-electron chi connectivity index (χ3n) is 1.95. The first-order chi connectivity index (χ1) is 7.65. The van der Waals surface area contributed by atoms with E-state index in [-0.39, 0.29) is 11.6 Å². The molecule has 0 radical (unpaired) electrons. The van der Waals surface area contributed by atoms with E-state index in [1.54, 1.807) is 6.92 Å². The molecule has 0 saturated carbocycles. The van der Waals surface area contributed by atoms with Crippen LogP contribution in [0.3, 0.4) is 0 Å². The zero-order chi connectivity index (χ0) is 11.5. The Morgan fingerprint density at radius 2 is 2.06 bits per heavy atom. The first-order valence-corrected chi connectivity index (χ1v) is 4.64. The van der Waals surface area contributed by atoms with E-state index >= 15 is 0 Å². The number of amides is 1. The summed E-state index contributed by atoms with van der Waals surface area (Å²) in [5.74, 6) is -0.216. The summed E-state index contributed by atoms with van der Waals surface area (Å²) in [5, 5.41) is 2.56. The van der Waals surface area contributed by atoms with E-state index < -0.39 is 5.91 Å². The van der Waals surface area contributed by atoms with E-state index in [1.807, 2.05) is 0 Å². The minimum absolute atomic E-state index is 0.127. The summed E-state index contributed by atoms with van der Waals surface area (Å²) in [6.45, 7) is 1.65. The van der Waals surface area contributed by atoms with Crippen LogP contribution in [-0.4, -0.2) is 10.9 Å². The minimum atomic E-state index is -0.410. The van der Waals surface area contributed by atoms with Gasteiger partial charge in [0.2, 0.25) is 5.76 Å². The Labute approximate surface area is 91.1 Å². The Morgan fingerprint density at radius 3 is 2.62 bits per heavy atom. The van der Waals surface area contributed by atoms with Gasteiger partial charge in [0.15, 0.2) is 5.89 Å². The molecule has 0 aliphatic heterocycles. The Hall–Kier alpha value is -2.17. The summed E-state index contributed by atoms with van der Waals surface area (Å²) in [5.41, 5.74) is 0.500. The van der Waals surface area contributed by atoms with Gasteiger partial charge in [0.1, 0.15) is 5.82 Å². The second-order valence-electron chi connectivity index (χ2n) is 3.20. The Bertz CT molecular complexity index is 505. The van der Waals surface area contributed by atoms with Crippen molar-refractivity contribution in [3.8, 4) is 0 Å². The molecule has 2 rings (SSSR count). The van der Waals surface area contributed by atoms with Gasteiger partial charge < -0.3 is 9.73 Å². The monoisotopic (exact) mass is 220 g/mol. The number of anilines is 1. The van der Waals surface area contributed by atoms with Gasteiger partial charge in [-0.25, -0.2) is 9.37 Å². The van der Waals surface area contributed by atoms with Crippen LogP contribution >= 0.6 is 0 Å². The summed E-state index contributed by atoms with van der Waals surface area (Å²) in [6.07, 6.45) is 1.34. The third kappa shape index (κ3) is 2.25. The number of hydrogen-bond acceptors (Lipinski definition) is 3. The summed E-state index contributed by atoms with van der Waals surface area (Å²) in [7, 11) is 0. The normalized spacial score (nSPS) is 10.1. The van der Waals surface area contributed by atoms with Crippen molar-refractivity contribution in [2.24, 2.45) is 0 Å². The highest BCUT2D eigenvalue weighted by atomic mass is 19.1. The van der Waals surface area contributed by atoms with Gasteiger partial charge in [0.05, 0.1) is 6.20 Å². The van der Waals surface area contributed by atoms with Crippen molar-refractivity contribution in [1.29, 1.82) is 0 Å². The molecule has 16 heavy (non-hydrogen) atoms. The van der Waals surface area contributed by atoms with Crippen molar-refractivity contribution in [2.45, 2.75) is 6.92 Å². The number of hydrogen-bond donors (Lipinski definition) is 1. The number of oxazole rings is 1. The summed E-state index contributed by atoms with van der Waals surface area (Å²) in [6, 6.07) is 5.47. The first-order valence-electron chi connectivity index (χ1n) is 4.64. The number of nitrogens with one attached hydrogen (secondary N) is 1. The maximum absolute atomic E-state index is 12.6. The fourth-order valence-corrected chi connectivity index (χ4v) is 1.19. The number of carbonyl (C=O) groups excluding carboxylic acids is 1. The van der Waals surface area contributed by atoms with E-state index in [0.29, 0.717) is 11.6 Å². The van der Waals surface area contributed by atoms with Crippen LogP contribution in [0, 0.1) is 12.7 Å². The van der Waals surface area contributed by atoms with Gasteiger partial charge in [-0.15, -0.1) is 0 Å². The van der Waals surface area contributed by atoms with Crippen LogP contribution in [0.4, 0.5) is 10.1 Å². The Balaban J connectivity index is 2.10. The molecule has 82 valence electrons. The highest BCUT2D eigenvalue weighted by Gasteiger charge is 2.10. The van der Waals surface area contributed by atoms with Crippen LogP contribution in [0.15, 0.2) is 34.9 Å². The quantitative estimate of drug-likeness (QED) is 0.845. The molecule has 0 unspecified atom stereocenters. The average Bonchev–Trinajstić information content (AvgIpc) is 2.68. The molecule has 5 heteroatoms. The van der Waals surface area contributed by atoms with Crippen molar-refractivity contribution >= 4 is 11.6 Å². The van der Waals surface area contributed by atoms with Crippen molar-refractivity contribution in [3.05, 3.63) is 47.9 Å². The molecule has 1 amide bonds. The van der Waals surface area contributed by atoms with Crippen molar-refractivity contribution in [2.75, 3.05) is 5.32 Å². The smallest absolute Gasteiger partial charge is 0.293 e. The lowest BCUT2D eigenvalue weighted by Crippen LogP contribution is -2.10. The Morgan fingerprint density at radius 1 is 1.38 bits per heavy atom. The number of nitrogens with zero attached hydrogens (tertiary/aromatic N) is 1. The van der Waals surface area contributed by atoms with Gasteiger partial charge >= 0.3 is 0 Å². The summed E-state index contributed by atoms with van der Waals surface area (Å²) in [4.78, 5) is 15.4. The van der Waals surface area contributed by atoms with Gasteiger partial charge in [0, 0.05) is 12.6 Å².